The fraction of sp³-hybridized carbons (Fsp3) is 0.467. The minimum Gasteiger partial charge on any atom is -0.324 e. The van der Waals surface area contributed by atoms with Gasteiger partial charge in [-0.15, -0.1) is 0 Å². The van der Waals surface area contributed by atoms with Gasteiger partial charge in [0, 0.05) is 13.1 Å². The summed E-state index contributed by atoms with van der Waals surface area (Å²) in [5.41, 5.74) is -0.0345. The second-order valence-electron chi connectivity index (χ2n) is 4.90. The molecular formula is C15H18F3N3O. The summed E-state index contributed by atoms with van der Waals surface area (Å²) in [5.74, 6) is -0.452. The van der Waals surface area contributed by atoms with Crippen LogP contribution in [0.25, 0.3) is 0 Å². The van der Waals surface area contributed by atoms with Crippen molar-refractivity contribution in [3.05, 3.63) is 35.9 Å². The van der Waals surface area contributed by atoms with Gasteiger partial charge in [0.1, 0.15) is 0 Å². The largest absolute Gasteiger partial charge is 0.412 e. The maximum absolute atomic E-state index is 13.2. The highest BCUT2D eigenvalue weighted by molar-refractivity contribution is 5.74. The van der Waals surface area contributed by atoms with E-state index in [9.17, 15) is 18.0 Å². The highest BCUT2D eigenvalue weighted by atomic mass is 19.4. The molecule has 0 fully saturated rings. The monoisotopic (exact) mass is 313 g/mol. The maximum atomic E-state index is 13.2. The van der Waals surface area contributed by atoms with Gasteiger partial charge in [0.2, 0.25) is 0 Å². The normalized spacial score (nSPS) is 13.8. The molecule has 0 bridgehead atoms. The predicted molar refractivity (Wildman–Crippen MR) is 75.8 cm³/mol. The summed E-state index contributed by atoms with van der Waals surface area (Å²) in [7, 11) is 0. The number of carbonyl (C=O) groups excluding carboxylic acids is 1. The van der Waals surface area contributed by atoms with E-state index >= 15 is 0 Å². The first-order valence-corrected chi connectivity index (χ1v) is 6.86. The molecule has 0 heterocycles. The van der Waals surface area contributed by atoms with Crippen LogP contribution < -0.4 is 5.32 Å². The minimum absolute atomic E-state index is 0.0345. The number of urea groups is 1. The molecule has 1 N–H and O–H groups in total. The lowest BCUT2D eigenvalue weighted by Crippen LogP contribution is -2.46. The average Bonchev–Trinajstić information content (AvgIpc) is 2.49. The third-order valence-electron chi connectivity index (χ3n) is 3.11. The summed E-state index contributed by atoms with van der Waals surface area (Å²) < 4.78 is 39.5. The Hall–Kier alpha value is -2.23. The van der Waals surface area contributed by atoms with Crippen molar-refractivity contribution in [1.29, 1.82) is 5.26 Å². The summed E-state index contributed by atoms with van der Waals surface area (Å²) in [6, 6.07) is 6.23. The highest BCUT2D eigenvalue weighted by Crippen LogP contribution is 2.32. The van der Waals surface area contributed by atoms with Crippen molar-refractivity contribution < 1.29 is 18.0 Å². The van der Waals surface area contributed by atoms with Crippen LogP contribution in [0.4, 0.5) is 18.0 Å². The molecule has 120 valence electrons. The van der Waals surface area contributed by atoms with Gasteiger partial charge in [0.05, 0.1) is 12.0 Å². The SMILES string of the molecule is CCN(C[C@@H](C)C#N)C(=O)N[C@H](c1ccccc1)C(F)(F)F. The Morgan fingerprint density at radius 1 is 1.36 bits per heavy atom. The molecule has 4 nitrogen and oxygen atoms in total. The standard InChI is InChI=1S/C15H18F3N3O/c1-3-21(10-11(2)9-19)14(22)20-13(15(16,17)18)12-7-5-4-6-8-12/h4-8,11,13H,3,10H2,1-2H3,(H,20,22)/t11-,13+/m0/s1. The number of halogens is 3. The van der Waals surface area contributed by atoms with Gasteiger partial charge >= 0.3 is 12.2 Å². The van der Waals surface area contributed by atoms with Crippen molar-refractivity contribution in [3.63, 3.8) is 0 Å². The Kier molecular flexibility index (Phi) is 6.23. The van der Waals surface area contributed by atoms with Gasteiger partial charge < -0.3 is 10.2 Å². The number of nitrogens with zero attached hydrogens (tertiary/aromatic N) is 2. The third kappa shape index (κ3) is 4.95. The number of nitrogens with one attached hydrogen (secondary N) is 1. The summed E-state index contributed by atoms with van der Waals surface area (Å²) in [4.78, 5) is 13.3. The van der Waals surface area contributed by atoms with E-state index in [1.165, 1.54) is 29.2 Å². The zero-order valence-corrected chi connectivity index (χ0v) is 12.4. The first-order chi connectivity index (χ1) is 10.3. The third-order valence-corrected chi connectivity index (χ3v) is 3.11. The Labute approximate surface area is 127 Å². The van der Waals surface area contributed by atoms with Gasteiger partial charge in [0.15, 0.2) is 6.04 Å². The lowest BCUT2D eigenvalue weighted by atomic mass is 10.1. The summed E-state index contributed by atoms with van der Waals surface area (Å²) >= 11 is 0. The molecule has 2 atom stereocenters. The summed E-state index contributed by atoms with van der Waals surface area (Å²) in [5, 5.41) is 10.8. The molecule has 2 amide bonds. The van der Waals surface area contributed by atoms with Crippen LogP contribution in [-0.2, 0) is 0 Å². The van der Waals surface area contributed by atoms with Crippen LogP contribution >= 0.6 is 0 Å². The van der Waals surface area contributed by atoms with Crippen molar-refractivity contribution in [2.45, 2.75) is 26.1 Å². The second kappa shape index (κ2) is 7.69. The van der Waals surface area contributed by atoms with Crippen LogP contribution in [0, 0.1) is 17.2 Å². The number of benzene rings is 1. The molecule has 0 saturated heterocycles. The van der Waals surface area contributed by atoms with Crippen LogP contribution in [0.3, 0.4) is 0 Å². The number of alkyl halides is 3. The van der Waals surface area contributed by atoms with Crippen LogP contribution in [0.15, 0.2) is 30.3 Å². The molecule has 1 aromatic rings. The highest BCUT2D eigenvalue weighted by Gasteiger charge is 2.42. The first kappa shape index (κ1) is 17.8. The van der Waals surface area contributed by atoms with Gasteiger partial charge in [-0.3, -0.25) is 0 Å². The average molecular weight is 313 g/mol. The zero-order valence-electron chi connectivity index (χ0n) is 12.4. The van der Waals surface area contributed by atoms with Crippen LogP contribution in [0.1, 0.15) is 25.5 Å². The van der Waals surface area contributed by atoms with Crippen LogP contribution in [0.2, 0.25) is 0 Å². The van der Waals surface area contributed by atoms with E-state index in [1.807, 2.05) is 11.4 Å². The molecule has 0 aliphatic carbocycles. The molecule has 0 spiro atoms. The number of amides is 2. The van der Waals surface area contributed by atoms with E-state index in [0.29, 0.717) is 0 Å². The van der Waals surface area contributed by atoms with Crippen molar-refractivity contribution in [3.8, 4) is 6.07 Å². The van der Waals surface area contributed by atoms with E-state index in [-0.39, 0.29) is 18.7 Å². The fourth-order valence-corrected chi connectivity index (χ4v) is 1.94. The first-order valence-electron chi connectivity index (χ1n) is 6.86. The van der Waals surface area contributed by atoms with E-state index in [1.54, 1.807) is 19.9 Å². The molecule has 0 aliphatic rings. The molecule has 0 aromatic heterocycles. The summed E-state index contributed by atoms with van der Waals surface area (Å²) in [6.07, 6.45) is -4.60. The number of rotatable bonds is 5. The minimum atomic E-state index is -4.60. The van der Waals surface area contributed by atoms with Crippen molar-refractivity contribution in [1.82, 2.24) is 10.2 Å². The smallest absolute Gasteiger partial charge is 0.324 e. The Bertz CT molecular complexity index is 525. The van der Waals surface area contributed by atoms with Crippen LogP contribution in [0.5, 0.6) is 0 Å². The predicted octanol–water partition coefficient (Wildman–Crippen LogP) is 3.48. The molecule has 1 aromatic carbocycles. The van der Waals surface area contributed by atoms with Gasteiger partial charge in [-0.05, 0) is 19.4 Å². The summed E-state index contributed by atoms with van der Waals surface area (Å²) in [6.45, 7) is 3.55. The molecule has 0 unspecified atom stereocenters. The molecule has 1 rings (SSSR count). The number of hydrogen-bond acceptors (Lipinski definition) is 2. The molecule has 22 heavy (non-hydrogen) atoms. The fourth-order valence-electron chi connectivity index (χ4n) is 1.94. The number of carbonyl (C=O) groups is 1. The van der Waals surface area contributed by atoms with E-state index in [2.05, 4.69) is 0 Å². The lowest BCUT2D eigenvalue weighted by Gasteiger charge is -2.27. The van der Waals surface area contributed by atoms with Gasteiger partial charge in [-0.25, -0.2) is 4.79 Å². The number of nitriles is 1. The van der Waals surface area contributed by atoms with Crippen LogP contribution in [-0.4, -0.2) is 30.2 Å². The van der Waals surface area contributed by atoms with Gasteiger partial charge in [-0.1, -0.05) is 30.3 Å². The van der Waals surface area contributed by atoms with Gasteiger partial charge in [0.25, 0.3) is 0 Å². The van der Waals surface area contributed by atoms with Crippen molar-refractivity contribution in [2.24, 2.45) is 5.92 Å². The van der Waals surface area contributed by atoms with E-state index in [4.69, 9.17) is 5.26 Å². The van der Waals surface area contributed by atoms with E-state index in [0.717, 1.165) is 0 Å². The quantitative estimate of drug-likeness (QED) is 0.905. The zero-order chi connectivity index (χ0) is 16.8. The molecular weight excluding hydrogens is 295 g/mol. The molecule has 0 aliphatic heterocycles. The van der Waals surface area contributed by atoms with Gasteiger partial charge in [-0.2, -0.15) is 18.4 Å². The molecule has 7 heteroatoms. The lowest BCUT2D eigenvalue weighted by molar-refractivity contribution is -0.155. The van der Waals surface area contributed by atoms with Crippen molar-refractivity contribution >= 4 is 6.03 Å². The Balaban J connectivity index is 2.90. The Morgan fingerprint density at radius 3 is 2.41 bits per heavy atom. The van der Waals surface area contributed by atoms with Crippen molar-refractivity contribution in [2.75, 3.05) is 13.1 Å². The maximum Gasteiger partial charge on any atom is 0.412 e. The topological polar surface area (TPSA) is 56.1 Å². The molecule has 0 radical (unpaired) electrons. The second-order valence-corrected chi connectivity index (χ2v) is 4.90. The van der Waals surface area contributed by atoms with E-state index < -0.39 is 24.2 Å². The number of hydrogen-bond donors (Lipinski definition) is 1. The molecule has 0 saturated carbocycles. The Morgan fingerprint density at radius 2 is 1.95 bits per heavy atom.